The molecule has 0 spiro atoms. The summed E-state index contributed by atoms with van der Waals surface area (Å²) in [6, 6.07) is 13.8. The van der Waals surface area contributed by atoms with Crippen LogP contribution in [0.25, 0.3) is 21.9 Å². The largest absolute Gasteiger partial charge is 0.478 e. The van der Waals surface area contributed by atoms with E-state index >= 15 is 0 Å². The molecule has 8 rings (SSSR count). The number of anilines is 4. The summed E-state index contributed by atoms with van der Waals surface area (Å²) in [4.78, 5) is 59.3. The first-order valence-corrected chi connectivity index (χ1v) is 21.8. The highest BCUT2D eigenvalue weighted by Gasteiger charge is 2.27. The lowest BCUT2D eigenvalue weighted by atomic mass is 9.99. The van der Waals surface area contributed by atoms with E-state index in [1.807, 2.05) is 9.80 Å². The lowest BCUT2D eigenvalue weighted by molar-refractivity contribution is 0.0696. The number of ether oxygens (including phenoxy) is 2. The molecule has 2 aliphatic rings. The fourth-order valence-corrected chi connectivity index (χ4v) is 8.11. The predicted octanol–water partition coefficient (Wildman–Crippen LogP) is 6.97. The second kappa shape index (κ2) is 20.9. The number of fused-ring (bicyclic) bond motifs is 2. The quantitative estimate of drug-likeness (QED) is 0.121. The summed E-state index contributed by atoms with van der Waals surface area (Å²) in [6.45, 7) is 7.67. The van der Waals surface area contributed by atoms with Crippen molar-refractivity contribution >= 4 is 57.0 Å². The zero-order chi connectivity index (χ0) is 49.0. The Bertz CT molecular complexity index is 2910. The summed E-state index contributed by atoms with van der Waals surface area (Å²) in [5, 5.41) is 19.2. The number of carbonyl (C=O) groups excluding carboxylic acids is 1. The van der Waals surface area contributed by atoms with Crippen LogP contribution in [-0.2, 0) is 9.47 Å². The van der Waals surface area contributed by atoms with Gasteiger partial charge in [-0.15, -0.1) is 0 Å². The van der Waals surface area contributed by atoms with Gasteiger partial charge in [0.25, 0.3) is 5.91 Å². The van der Waals surface area contributed by atoms with Crippen molar-refractivity contribution in [2.75, 3.05) is 107 Å². The summed E-state index contributed by atoms with van der Waals surface area (Å²) in [5.74, 6) is -3.73. The molecule has 2 fully saturated rings. The number of carbonyl (C=O) groups is 2. The molecule has 0 saturated carbocycles. The molecule has 4 aromatic carbocycles. The molecule has 15 nitrogen and oxygen atoms in total. The van der Waals surface area contributed by atoms with Gasteiger partial charge in [-0.05, 0) is 62.4 Å². The van der Waals surface area contributed by atoms with Crippen molar-refractivity contribution in [3.63, 3.8) is 0 Å². The first kappa shape index (κ1) is 49.0. The molecule has 68 heavy (non-hydrogen) atoms. The Hall–Kier alpha value is -6.96. The van der Waals surface area contributed by atoms with Crippen LogP contribution in [0.3, 0.4) is 0 Å². The number of aromatic carboxylic acids is 1. The van der Waals surface area contributed by atoms with E-state index in [1.54, 1.807) is 50.9 Å². The van der Waals surface area contributed by atoms with Gasteiger partial charge in [0.15, 0.2) is 22.6 Å². The van der Waals surface area contributed by atoms with Crippen LogP contribution in [0.15, 0.2) is 91.2 Å². The van der Waals surface area contributed by atoms with E-state index in [2.05, 4.69) is 0 Å². The summed E-state index contributed by atoms with van der Waals surface area (Å²) in [5.41, 5.74) is 1.47. The molecule has 4 heterocycles. The smallest absolute Gasteiger partial charge is 0.335 e. The summed E-state index contributed by atoms with van der Waals surface area (Å²) < 4.78 is 78.5. The van der Waals surface area contributed by atoms with Gasteiger partial charge in [-0.2, -0.15) is 0 Å². The van der Waals surface area contributed by atoms with Crippen molar-refractivity contribution in [1.29, 1.82) is 0 Å². The molecule has 6 aromatic rings. The molecule has 0 radical (unpaired) electrons. The van der Waals surface area contributed by atoms with Crippen LogP contribution in [0.2, 0.25) is 0 Å². The Morgan fingerprint density at radius 3 is 1.37 bits per heavy atom. The van der Waals surface area contributed by atoms with Gasteiger partial charge in [-0.25, -0.2) is 22.4 Å². The number of carboxylic acid groups (broad SMARTS) is 1. The van der Waals surface area contributed by atoms with E-state index in [0.717, 1.165) is 12.1 Å². The summed E-state index contributed by atoms with van der Waals surface area (Å²) in [6.07, 6.45) is 0. The average molecular weight is 946 g/mol. The molecule has 2 aromatic heterocycles. The molecule has 2 saturated heterocycles. The van der Waals surface area contributed by atoms with Crippen molar-refractivity contribution in [3.8, 4) is 0 Å². The third kappa shape index (κ3) is 10.7. The van der Waals surface area contributed by atoms with Crippen LogP contribution in [0.1, 0.15) is 57.8 Å². The van der Waals surface area contributed by atoms with E-state index in [4.69, 9.17) is 18.3 Å². The van der Waals surface area contributed by atoms with E-state index in [9.17, 15) is 47.0 Å². The molecular formula is C49H51F4N5O10. The molecule has 0 bridgehead atoms. The maximum atomic E-state index is 13.9. The molecule has 19 heteroatoms. The zero-order valence-corrected chi connectivity index (χ0v) is 38.1. The first-order chi connectivity index (χ1) is 32.4. The van der Waals surface area contributed by atoms with Gasteiger partial charge in [0.1, 0.15) is 34.4 Å². The second-order valence-corrected chi connectivity index (χ2v) is 16.6. The SMILES string of the molecule is CC(c1cc(C(=O)N(C)CCO)cc2c(=O)cc(N3CCOCC3)oc12)N(C)c1cc(F)cc(F)c1.CC(c1cc(C(=O)O)cc2c(=O)cc(N3CCOCC3)oc12)N(C)c1cc(F)cc(F)c1. The van der Waals surface area contributed by atoms with Crippen molar-refractivity contribution in [1.82, 2.24) is 4.90 Å². The number of morpholine rings is 2. The van der Waals surface area contributed by atoms with Crippen LogP contribution in [-0.4, -0.2) is 114 Å². The fraction of sp³-hybridized carbons (Fsp3) is 0.347. The fourth-order valence-electron chi connectivity index (χ4n) is 8.11. The number of carboxylic acids is 1. The second-order valence-electron chi connectivity index (χ2n) is 16.6. The number of hydrogen-bond donors (Lipinski definition) is 2. The number of likely N-dealkylation sites (N-methyl/N-ethyl adjacent to an activating group) is 1. The average Bonchev–Trinajstić information content (AvgIpc) is 3.32. The zero-order valence-electron chi connectivity index (χ0n) is 38.1. The first-order valence-electron chi connectivity index (χ1n) is 21.8. The van der Waals surface area contributed by atoms with Crippen LogP contribution < -0.4 is 30.5 Å². The van der Waals surface area contributed by atoms with E-state index in [1.165, 1.54) is 59.5 Å². The number of benzene rings is 4. The van der Waals surface area contributed by atoms with Crippen LogP contribution >= 0.6 is 0 Å². The molecule has 2 aliphatic heterocycles. The van der Waals surface area contributed by atoms with Gasteiger partial charge in [0, 0.05) is 106 Å². The van der Waals surface area contributed by atoms with Gasteiger partial charge in [0.05, 0.1) is 61.5 Å². The number of aliphatic hydroxyl groups is 1. The highest BCUT2D eigenvalue weighted by Crippen LogP contribution is 2.36. The lowest BCUT2D eigenvalue weighted by Gasteiger charge is -2.30. The molecule has 360 valence electrons. The van der Waals surface area contributed by atoms with Crippen molar-refractivity contribution in [2.45, 2.75) is 25.9 Å². The Morgan fingerprint density at radius 1 is 0.603 bits per heavy atom. The summed E-state index contributed by atoms with van der Waals surface area (Å²) >= 11 is 0. The van der Waals surface area contributed by atoms with Gasteiger partial charge >= 0.3 is 5.97 Å². The molecule has 2 N–H and O–H groups in total. The van der Waals surface area contributed by atoms with Gasteiger partial charge in [-0.3, -0.25) is 14.4 Å². The monoisotopic (exact) mass is 945 g/mol. The van der Waals surface area contributed by atoms with Crippen LogP contribution in [0.4, 0.5) is 40.7 Å². The van der Waals surface area contributed by atoms with E-state index in [0.29, 0.717) is 81.1 Å². The van der Waals surface area contributed by atoms with Crippen molar-refractivity contribution < 1.29 is 55.7 Å². The number of rotatable bonds is 12. The molecule has 1 amide bonds. The number of hydrogen-bond acceptors (Lipinski definition) is 13. The van der Waals surface area contributed by atoms with Crippen molar-refractivity contribution in [3.05, 3.63) is 139 Å². The third-order valence-electron chi connectivity index (χ3n) is 12.2. The van der Waals surface area contributed by atoms with Gasteiger partial charge in [-0.1, -0.05) is 0 Å². The predicted molar refractivity (Wildman–Crippen MR) is 248 cm³/mol. The topological polar surface area (TPSA) is 170 Å². The third-order valence-corrected chi connectivity index (χ3v) is 12.2. The number of aliphatic hydroxyl groups excluding tert-OH is 1. The summed E-state index contributed by atoms with van der Waals surface area (Å²) in [7, 11) is 4.85. The van der Waals surface area contributed by atoms with Crippen LogP contribution in [0, 0.1) is 23.3 Å². The number of nitrogens with zero attached hydrogens (tertiary/aromatic N) is 5. The maximum Gasteiger partial charge on any atom is 0.335 e. The Balaban J connectivity index is 0.000000203. The van der Waals surface area contributed by atoms with Crippen molar-refractivity contribution in [2.24, 2.45) is 0 Å². The Kier molecular flexibility index (Phi) is 15.1. The minimum absolute atomic E-state index is 0.0791. The molecule has 2 atom stereocenters. The Morgan fingerprint density at radius 2 is 0.985 bits per heavy atom. The van der Waals surface area contributed by atoms with E-state index < -0.39 is 41.3 Å². The maximum absolute atomic E-state index is 13.9. The minimum Gasteiger partial charge on any atom is -0.478 e. The Labute approximate surface area is 387 Å². The van der Waals surface area contributed by atoms with Gasteiger partial charge in [0.2, 0.25) is 0 Å². The molecule has 0 aliphatic carbocycles. The number of amides is 1. The molecule has 2 unspecified atom stereocenters. The van der Waals surface area contributed by atoms with E-state index in [-0.39, 0.29) is 68.8 Å². The normalized spacial score (nSPS) is 14.9. The minimum atomic E-state index is -1.20. The standard InChI is InChI=1S/C26H29F2N3O5.C23H22F2N2O5/c1-16(30(3)20-13-18(27)12-19(28)14-20)21-10-17(26(34)29(2)4-7-32)11-22-23(33)15-24(36-25(21)22)31-5-8-35-9-6-31;1-13(26(2)17-10-15(24)9-16(25)11-17)18-7-14(23(29)30)8-19-20(28)12-21(32-22(18)19)27-3-5-31-6-4-27/h10-16,32H,4-9H2,1-3H3;7-13H,3-6H2,1-2H3,(H,29,30). The highest BCUT2D eigenvalue weighted by molar-refractivity contribution is 5.99. The van der Waals surface area contributed by atoms with Gasteiger partial charge < -0.3 is 53.0 Å². The lowest BCUT2D eigenvalue weighted by Crippen LogP contribution is -2.36. The van der Waals surface area contributed by atoms with Crippen LogP contribution in [0.5, 0.6) is 0 Å². The number of halogens is 4. The molecular weight excluding hydrogens is 895 g/mol. The highest BCUT2D eigenvalue weighted by atomic mass is 19.1.